The average molecular weight is 306 g/mol. The number of carbonyl (C=O) groups is 1. The van der Waals surface area contributed by atoms with Gasteiger partial charge in [0.05, 0.1) is 25.9 Å². The first-order valence-electron chi connectivity index (χ1n) is 7.69. The van der Waals surface area contributed by atoms with E-state index in [4.69, 9.17) is 9.47 Å². The van der Waals surface area contributed by atoms with Crippen LogP contribution in [0.3, 0.4) is 0 Å². The third-order valence-corrected chi connectivity index (χ3v) is 3.99. The number of benzene rings is 1. The molecule has 1 aromatic rings. The van der Waals surface area contributed by atoms with E-state index in [-0.39, 0.29) is 5.91 Å². The van der Waals surface area contributed by atoms with Gasteiger partial charge >= 0.3 is 0 Å². The number of rotatable bonds is 2. The lowest BCUT2D eigenvalue weighted by Gasteiger charge is -2.25. The number of aliphatic hydroxyl groups excluding tert-OH is 1. The largest absolute Gasteiger partial charge is 0.492 e. The van der Waals surface area contributed by atoms with Gasteiger partial charge in [0.15, 0.2) is 0 Å². The summed E-state index contributed by atoms with van der Waals surface area (Å²) in [6.07, 6.45) is -0.598. The fraction of sp³-hybridized carbons (Fsp3) is 0.562. The molecule has 1 fully saturated rings. The van der Waals surface area contributed by atoms with Gasteiger partial charge < -0.3 is 19.5 Å². The van der Waals surface area contributed by atoms with Crippen LogP contribution in [0, 0.1) is 0 Å². The molecule has 6 heteroatoms. The first-order chi connectivity index (χ1) is 10.7. The summed E-state index contributed by atoms with van der Waals surface area (Å²) in [4.78, 5) is 16.2. The summed E-state index contributed by atoms with van der Waals surface area (Å²) in [6, 6.07) is 7.93. The van der Waals surface area contributed by atoms with Gasteiger partial charge in [-0.2, -0.15) is 0 Å². The third kappa shape index (κ3) is 3.76. The maximum Gasteiger partial charge on any atom is 0.236 e. The average Bonchev–Trinajstić information content (AvgIpc) is 2.84. The molecule has 2 aliphatic heterocycles. The SMILES string of the molecule is O=C(CN1CCOc2ccccc2C1)N1CCOC[C@@H](O)C1. The number of hydrogen-bond donors (Lipinski definition) is 1. The highest BCUT2D eigenvalue weighted by atomic mass is 16.5. The van der Waals surface area contributed by atoms with Gasteiger partial charge in [-0.05, 0) is 6.07 Å². The van der Waals surface area contributed by atoms with Crippen LogP contribution in [-0.2, 0) is 16.1 Å². The third-order valence-electron chi connectivity index (χ3n) is 3.99. The minimum absolute atomic E-state index is 0.0314. The maximum absolute atomic E-state index is 12.5. The molecule has 0 aromatic heterocycles. The second kappa shape index (κ2) is 7.09. The van der Waals surface area contributed by atoms with E-state index in [1.165, 1.54) is 0 Å². The summed E-state index contributed by atoms with van der Waals surface area (Å²) in [5, 5.41) is 9.74. The summed E-state index contributed by atoms with van der Waals surface area (Å²) < 4.78 is 11.0. The second-order valence-corrected chi connectivity index (χ2v) is 5.74. The quantitative estimate of drug-likeness (QED) is 0.840. The van der Waals surface area contributed by atoms with E-state index < -0.39 is 6.10 Å². The number of para-hydroxylation sites is 1. The summed E-state index contributed by atoms with van der Waals surface area (Å²) in [5.74, 6) is 0.931. The molecule has 120 valence electrons. The number of hydrogen-bond acceptors (Lipinski definition) is 5. The molecule has 6 nitrogen and oxygen atoms in total. The summed E-state index contributed by atoms with van der Waals surface area (Å²) in [7, 11) is 0. The Labute approximate surface area is 130 Å². The molecule has 22 heavy (non-hydrogen) atoms. The van der Waals surface area contributed by atoms with Gasteiger partial charge in [0, 0.05) is 31.7 Å². The van der Waals surface area contributed by atoms with Crippen molar-refractivity contribution in [3.63, 3.8) is 0 Å². The fourth-order valence-corrected chi connectivity index (χ4v) is 2.83. The molecule has 0 saturated carbocycles. The van der Waals surface area contributed by atoms with Gasteiger partial charge in [-0.1, -0.05) is 18.2 Å². The van der Waals surface area contributed by atoms with Crippen molar-refractivity contribution in [3.8, 4) is 5.75 Å². The van der Waals surface area contributed by atoms with E-state index in [0.29, 0.717) is 52.5 Å². The molecule has 1 amide bonds. The maximum atomic E-state index is 12.5. The Kier molecular flexibility index (Phi) is 4.92. The Bertz CT molecular complexity index is 523. The monoisotopic (exact) mass is 306 g/mol. The topological polar surface area (TPSA) is 62.2 Å². The van der Waals surface area contributed by atoms with Gasteiger partial charge in [-0.25, -0.2) is 0 Å². The molecule has 0 bridgehead atoms. The van der Waals surface area contributed by atoms with Crippen LogP contribution in [-0.4, -0.2) is 72.9 Å². The highest BCUT2D eigenvalue weighted by Crippen LogP contribution is 2.22. The molecule has 1 saturated heterocycles. The van der Waals surface area contributed by atoms with E-state index in [0.717, 1.165) is 11.3 Å². The molecule has 2 heterocycles. The minimum atomic E-state index is -0.598. The predicted octanol–water partition coefficient (Wildman–Crippen LogP) is 0.101. The van der Waals surface area contributed by atoms with Crippen LogP contribution in [0.15, 0.2) is 24.3 Å². The van der Waals surface area contributed by atoms with E-state index in [2.05, 4.69) is 4.90 Å². The number of carbonyl (C=O) groups excluding carboxylic acids is 1. The molecular weight excluding hydrogens is 284 g/mol. The smallest absolute Gasteiger partial charge is 0.236 e. The van der Waals surface area contributed by atoms with Crippen LogP contribution in [0.2, 0.25) is 0 Å². The Morgan fingerprint density at radius 1 is 1.27 bits per heavy atom. The van der Waals surface area contributed by atoms with E-state index in [9.17, 15) is 9.90 Å². The Morgan fingerprint density at radius 3 is 3.05 bits per heavy atom. The second-order valence-electron chi connectivity index (χ2n) is 5.74. The zero-order valence-corrected chi connectivity index (χ0v) is 12.6. The molecule has 0 unspecified atom stereocenters. The van der Waals surface area contributed by atoms with Gasteiger partial charge in [0.1, 0.15) is 12.4 Å². The number of aliphatic hydroxyl groups is 1. The Balaban J connectivity index is 1.61. The molecule has 1 N–H and O–H groups in total. The standard InChI is InChI=1S/C16H22N2O4/c19-14-10-18(6-7-21-12-14)16(20)11-17-5-8-22-15-4-2-1-3-13(15)9-17/h1-4,14,19H,5-12H2/t14-/m0/s1. The van der Waals surface area contributed by atoms with E-state index >= 15 is 0 Å². The van der Waals surface area contributed by atoms with Gasteiger partial charge in [-0.15, -0.1) is 0 Å². The first kappa shape index (κ1) is 15.3. The predicted molar refractivity (Wildman–Crippen MR) is 80.6 cm³/mol. The van der Waals surface area contributed by atoms with Crippen molar-refractivity contribution < 1.29 is 19.4 Å². The summed E-state index contributed by atoms with van der Waals surface area (Å²) in [6.45, 7) is 4.00. The molecule has 2 aliphatic rings. The summed E-state index contributed by atoms with van der Waals surface area (Å²) in [5.41, 5.74) is 1.10. The van der Waals surface area contributed by atoms with E-state index in [1.807, 2.05) is 24.3 Å². The van der Waals surface area contributed by atoms with Crippen LogP contribution in [0.5, 0.6) is 5.75 Å². The lowest BCUT2D eigenvalue weighted by atomic mass is 10.2. The Hall–Kier alpha value is -1.63. The van der Waals surface area contributed by atoms with Crippen LogP contribution in [0.25, 0.3) is 0 Å². The molecule has 1 atom stereocenters. The molecule has 0 aliphatic carbocycles. The lowest BCUT2D eigenvalue weighted by molar-refractivity contribution is -0.133. The summed E-state index contributed by atoms with van der Waals surface area (Å²) >= 11 is 0. The highest BCUT2D eigenvalue weighted by molar-refractivity contribution is 5.78. The normalized spacial score (nSPS) is 23.1. The zero-order chi connectivity index (χ0) is 15.4. The van der Waals surface area contributed by atoms with Crippen molar-refractivity contribution in [1.29, 1.82) is 0 Å². The van der Waals surface area contributed by atoms with Crippen LogP contribution < -0.4 is 4.74 Å². The number of β-amino-alcohol motifs (C(OH)–C–C–N with tert-alkyl or cyclic N) is 1. The minimum Gasteiger partial charge on any atom is -0.492 e. The van der Waals surface area contributed by atoms with Crippen LogP contribution in [0.1, 0.15) is 5.56 Å². The van der Waals surface area contributed by atoms with Crippen LogP contribution >= 0.6 is 0 Å². The van der Waals surface area contributed by atoms with Crippen molar-refractivity contribution in [2.75, 3.05) is 46.0 Å². The van der Waals surface area contributed by atoms with E-state index in [1.54, 1.807) is 4.90 Å². The first-order valence-corrected chi connectivity index (χ1v) is 7.69. The van der Waals surface area contributed by atoms with Crippen molar-refractivity contribution in [2.24, 2.45) is 0 Å². The van der Waals surface area contributed by atoms with Crippen molar-refractivity contribution in [2.45, 2.75) is 12.6 Å². The molecule has 0 spiro atoms. The fourth-order valence-electron chi connectivity index (χ4n) is 2.83. The van der Waals surface area contributed by atoms with Gasteiger partial charge in [0.25, 0.3) is 0 Å². The molecule has 0 radical (unpaired) electrons. The van der Waals surface area contributed by atoms with Crippen molar-refractivity contribution in [3.05, 3.63) is 29.8 Å². The Morgan fingerprint density at radius 2 is 2.14 bits per heavy atom. The molecular formula is C16H22N2O4. The molecule has 1 aromatic carbocycles. The van der Waals surface area contributed by atoms with Crippen molar-refractivity contribution in [1.82, 2.24) is 9.80 Å². The molecule has 3 rings (SSSR count). The number of fused-ring (bicyclic) bond motifs is 1. The van der Waals surface area contributed by atoms with Crippen molar-refractivity contribution >= 4 is 5.91 Å². The lowest BCUT2D eigenvalue weighted by Crippen LogP contribution is -2.44. The number of amides is 1. The van der Waals surface area contributed by atoms with Gasteiger partial charge in [-0.3, -0.25) is 9.69 Å². The van der Waals surface area contributed by atoms with Crippen LogP contribution in [0.4, 0.5) is 0 Å². The number of ether oxygens (including phenoxy) is 2. The zero-order valence-electron chi connectivity index (χ0n) is 12.6. The number of nitrogens with zero attached hydrogens (tertiary/aromatic N) is 2. The van der Waals surface area contributed by atoms with Gasteiger partial charge in [0.2, 0.25) is 5.91 Å². The highest BCUT2D eigenvalue weighted by Gasteiger charge is 2.24.